The molecular formula is C24H22BrFN2O4. The molecule has 32 heavy (non-hydrogen) atoms. The molecule has 1 spiro atoms. The van der Waals surface area contributed by atoms with Gasteiger partial charge in [0.25, 0.3) is 5.91 Å². The lowest BCUT2D eigenvalue weighted by molar-refractivity contribution is -0.143. The van der Waals surface area contributed by atoms with Gasteiger partial charge in [-0.25, -0.2) is 14.1 Å². The lowest BCUT2D eigenvalue weighted by Crippen LogP contribution is -2.46. The summed E-state index contributed by atoms with van der Waals surface area (Å²) in [7, 11) is 0. The molecule has 3 atom stereocenters. The molecule has 0 bridgehead atoms. The standard InChI is InChI=1S/C24H22BrFN2O4/c1-14-2-9-20(15-3-6-18(26)7-4-15)28(14)21(29)13-27-22(30)24(32-23(27)31)11-10-16-12-17(25)5-8-19(16)24/h3-8,12,14,20H,2,9-11,13H2,1H3/t14-,20-,24+/m0/s1. The van der Waals surface area contributed by atoms with Crippen molar-refractivity contribution in [3.63, 3.8) is 0 Å². The lowest BCUT2D eigenvalue weighted by Gasteiger charge is -2.30. The third-order valence-corrected chi connectivity index (χ3v) is 7.32. The van der Waals surface area contributed by atoms with E-state index in [-0.39, 0.29) is 30.4 Å². The van der Waals surface area contributed by atoms with Crippen molar-refractivity contribution >= 4 is 33.8 Å². The first-order chi connectivity index (χ1) is 15.3. The van der Waals surface area contributed by atoms with Crippen LogP contribution in [0.25, 0.3) is 0 Å². The van der Waals surface area contributed by atoms with E-state index in [1.54, 1.807) is 23.1 Å². The molecule has 6 nitrogen and oxygen atoms in total. The summed E-state index contributed by atoms with van der Waals surface area (Å²) in [5.74, 6) is -1.14. The van der Waals surface area contributed by atoms with Gasteiger partial charge in [0.15, 0.2) is 0 Å². The molecule has 5 rings (SSSR count). The molecule has 2 heterocycles. The van der Waals surface area contributed by atoms with Gasteiger partial charge in [0, 0.05) is 22.5 Å². The predicted molar refractivity (Wildman–Crippen MR) is 117 cm³/mol. The summed E-state index contributed by atoms with van der Waals surface area (Å²) < 4.78 is 19.9. The number of carbonyl (C=O) groups excluding carboxylic acids is 3. The summed E-state index contributed by atoms with van der Waals surface area (Å²) >= 11 is 3.43. The number of carbonyl (C=O) groups is 3. The second-order valence-corrected chi connectivity index (χ2v) is 9.60. The van der Waals surface area contributed by atoms with Gasteiger partial charge >= 0.3 is 6.09 Å². The van der Waals surface area contributed by atoms with E-state index in [2.05, 4.69) is 15.9 Å². The minimum absolute atomic E-state index is 0.0511. The first-order valence-electron chi connectivity index (χ1n) is 10.7. The van der Waals surface area contributed by atoms with Crippen molar-refractivity contribution < 1.29 is 23.5 Å². The normalized spacial score (nSPS) is 26.7. The molecule has 2 aromatic carbocycles. The van der Waals surface area contributed by atoms with Gasteiger partial charge in [-0.3, -0.25) is 9.59 Å². The highest BCUT2D eigenvalue weighted by molar-refractivity contribution is 9.10. The molecule has 2 fully saturated rings. The molecule has 2 aromatic rings. The van der Waals surface area contributed by atoms with Crippen molar-refractivity contribution in [2.24, 2.45) is 0 Å². The highest BCUT2D eigenvalue weighted by Gasteiger charge is 2.58. The van der Waals surface area contributed by atoms with Crippen LogP contribution >= 0.6 is 15.9 Å². The van der Waals surface area contributed by atoms with E-state index < -0.39 is 17.6 Å². The molecule has 0 aromatic heterocycles. The number of halogens is 2. The fraction of sp³-hybridized carbons (Fsp3) is 0.375. The zero-order valence-corrected chi connectivity index (χ0v) is 19.1. The fourth-order valence-corrected chi connectivity index (χ4v) is 5.66. The maximum absolute atomic E-state index is 13.4. The minimum Gasteiger partial charge on any atom is -0.427 e. The molecule has 166 valence electrons. The Balaban J connectivity index is 1.38. The van der Waals surface area contributed by atoms with Crippen LogP contribution in [-0.4, -0.2) is 40.3 Å². The van der Waals surface area contributed by atoms with Crippen LogP contribution in [0.15, 0.2) is 46.9 Å². The zero-order chi connectivity index (χ0) is 22.6. The predicted octanol–water partition coefficient (Wildman–Crippen LogP) is 4.46. The van der Waals surface area contributed by atoms with Crippen molar-refractivity contribution in [2.75, 3.05) is 6.54 Å². The molecule has 3 aliphatic rings. The number of hydrogen-bond acceptors (Lipinski definition) is 4. The molecule has 2 aliphatic heterocycles. The van der Waals surface area contributed by atoms with Crippen LogP contribution in [0.5, 0.6) is 0 Å². The van der Waals surface area contributed by atoms with Gasteiger partial charge in [-0.15, -0.1) is 0 Å². The number of fused-ring (bicyclic) bond motifs is 2. The second-order valence-electron chi connectivity index (χ2n) is 8.68. The number of nitrogens with zero attached hydrogens (tertiary/aromatic N) is 2. The van der Waals surface area contributed by atoms with Crippen molar-refractivity contribution in [3.05, 3.63) is 69.4 Å². The average Bonchev–Trinajstić information content (AvgIpc) is 3.39. The quantitative estimate of drug-likeness (QED) is 0.623. The number of likely N-dealkylation sites (tertiary alicyclic amines) is 1. The van der Waals surface area contributed by atoms with E-state index in [4.69, 9.17) is 4.74 Å². The van der Waals surface area contributed by atoms with Crippen LogP contribution in [-0.2, 0) is 26.3 Å². The number of ether oxygens (including phenoxy) is 1. The largest absolute Gasteiger partial charge is 0.427 e. The summed E-state index contributed by atoms with van der Waals surface area (Å²) in [4.78, 5) is 42.0. The molecule has 8 heteroatoms. The Labute approximate surface area is 193 Å². The number of hydrogen-bond donors (Lipinski definition) is 0. The first-order valence-corrected chi connectivity index (χ1v) is 11.5. The highest BCUT2D eigenvalue weighted by atomic mass is 79.9. The number of rotatable bonds is 3. The third-order valence-electron chi connectivity index (χ3n) is 6.83. The van der Waals surface area contributed by atoms with Gasteiger partial charge in [0.1, 0.15) is 12.4 Å². The van der Waals surface area contributed by atoms with Crippen LogP contribution < -0.4 is 0 Å². The van der Waals surface area contributed by atoms with Gasteiger partial charge in [0.2, 0.25) is 11.5 Å². The SMILES string of the molecule is C[C@H]1CC[C@@H](c2ccc(F)cc2)N1C(=O)CN1C(=O)O[C@@]2(CCc3cc(Br)ccc32)C1=O. The van der Waals surface area contributed by atoms with E-state index in [9.17, 15) is 18.8 Å². The maximum atomic E-state index is 13.4. The minimum atomic E-state index is -1.35. The highest BCUT2D eigenvalue weighted by Crippen LogP contribution is 2.46. The molecule has 0 saturated carbocycles. The molecule has 0 N–H and O–H groups in total. The maximum Gasteiger partial charge on any atom is 0.418 e. The molecule has 2 saturated heterocycles. The smallest absolute Gasteiger partial charge is 0.418 e. The number of aryl methyl sites for hydroxylation is 1. The summed E-state index contributed by atoms with van der Waals surface area (Å²) in [6, 6.07) is 11.4. The van der Waals surface area contributed by atoms with Gasteiger partial charge < -0.3 is 9.64 Å². The Morgan fingerprint density at radius 3 is 2.69 bits per heavy atom. The van der Waals surface area contributed by atoms with E-state index in [1.165, 1.54) is 12.1 Å². The Bertz CT molecular complexity index is 1120. The number of benzene rings is 2. The van der Waals surface area contributed by atoms with Gasteiger partial charge in [-0.2, -0.15) is 0 Å². The summed E-state index contributed by atoms with van der Waals surface area (Å²) in [6.07, 6.45) is 1.73. The average molecular weight is 501 g/mol. The summed E-state index contributed by atoms with van der Waals surface area (Å²) in [5.41, 5.74) is 1.14. The summed E-state index contributed by atoms with van der Waals surface area (Å²) in [5, 5.41) is 0. The van der Waals surface area contributed by atoms with Gasteiger partial charge in [0.05, 0.1) is 6.04 Å². The Morgan fingerprint density at radius 2 is 1.94 bits per heavy atom. The van der Waals surface area contributed by atoms with Crippen molar-refractivity contribution in [1.29, 1.82) is 0 Å². The molecule has 1 aliphatic carbocycles. The monoisotopic (exact) mass is 500 g/mol. The van der Waals surface area contributed by atoms with Crippen molar-refractivity contribution in [1.82, 2.24) is 9.80 Å². The lowest BCUT2D eigenvalue weighted by atomic mass is 9.95. The molecular weight excluding hydrogens is 479 g/mol. The fourth-order valence-electron chi connectivity index (χ4n) is 5.25. The third kappa shape index (κ3) is 3.23. The molecule has 0 radical (unpaired) electrons. The van der Waals surface area contributed by atoms with E-state index in [0.717, 1.165) is 33.3 Å². The Kier molecular flexibility index (Phi) is 5.08. The Hall–Kier alpha value is -2.74. The van der Waals surface area contributed by atoms with Crippen LogP contribution in [0.1, 0.15) is 48.9 Å². The van der Waals surface area contributed by atoms with Gasteiger partial charge in [-0.05, 0) is 61.6 Å². The van der Waals surface area contributed by atoms with E-state index in [1.807, 2.05) is 19.1 Å². The number of imide groups is 1. The van der Waals surface area contributed by atoms with Crippen molar-refractivity contribution in [3.8, 4) is 0 Å². The van der Waals surface area contributed by atoms with Crippen LogP contribution in [0.2, 0.25) is 0 Å². The van der Waals surface area contributed by atoms with Crippen LogP contribution in [0.3, 0.4) is 0 Å². The van der Waals surface area contributed by atoms with E-state index >= 15 is 0 Å². The van der Waals surface area contributed by atoms with Crippen molar-refractivity contribution in [2.45, 2.75) is 50.3 Å². The van der Waals surface area contributed by atoms with Crippen LogP contribution in [0, 0.1) is 5.82 Å². The number of amides is 3. The zero-order valence-electron chi connectivity index (χ0n) is 17.5. The van der Waals surface area contributed by atoms with E-state index in [0.29, 0.717) is 18.4 Å². The second kappa shape index (κ2) is 7.69. The van der Waals surface area contributed by atoms with Crippen LogP contribution in [0.4, 0.5) is 9.18 Å². The molecule has 3 amide bonds. The Morgan fingerprint density at radius 1 is 1.19 bits per heavy atom. The van der Waals surface area contributed by atoms with Gasteiger partial charge in [-0.1, -0.05) is 34.1 Å². The molecule has 0 unspecified atom stereocenters. The first kappa shape index (κ1) is 21.1. The topological polar surface area (TPSA) is 66.9 Å². The summed E-state index contributed by atoms with van der Waals surface area (Å²) in [6.45, 7) is 1.57.